The Balaban J connectivity index is 2.21. The predicted molar refractivity (Wildman–Crippen MR) is 47.5 cm³/mol. The van der Waals surface area contributed by atoms with E-state index >= 15 is 0 Å². The molecule has 2 aliphatic rings. The number of hydrogen-bond acceptors (Lipinski definition) is 3. The van der Waals surface area contributed by atoms with E-state index in [1.54, 1.807) is 0 Å². The second kappa shape index (κ2) is 3.26. The standard InChI is InChI=1S/C10H14O4/c1-14-10(13)8-6-3-2-5(4-6)7(8)9(11)12/h5-8H,2-4H2,1H3,(H,11,12)/t5-,6-,7+,8-/m0/s1. The zero-order valence-electron chi connectivity index (χ0n) is 8.10. The van der Waals surface area contributed by atoms with Crippen molar-refractivity contribution in [2.45, 2.75) is 19.3 Å². The van der Waals surface area contributed by atoms with Crippen molar-refractivity contribution in [3.63, 3.8) is 0 Å². The van der Waals surface area contributed by atoms with E-state index in [4.69, 9.17) is 5.11 Å². The lowest BCUT2D eigenvalue weighted by molar-refractivity contribution is -0.158. The monoisotopic (exact) mass is 198 g/mol. The average molecular weight is 198 g/mol. The molecule has 0 heterocycles. The van der Waals surface area contributed by atoms with Gasteiger partial charge in [-0.1, -0.05) is 0 Å². The molecule has 4 heteroatoms. The first-order valence-corrected chi connectivity index (χ1v) is 4.95. The molecular weight excluding hydrogens is 184 g/mol. The van der Waals surface area contributed by atoms with Gasteiger partial charge in [-0.15, -0.1) is 0 Å². The molecule has 0 unspecified atom stereocenters. The lowest BCUT2D eigenvalue weighted by Crippen LogP contribution is -2.35. The summed E-state index contributed by atoms with van der Waals surface area (Å²) < 4.78 is 4.66. The highest BCUT2D eigenvalue weighted by atomic mass is 16.5. The number of carbonyl (C=O) groups excluding carboxylic acids is 1. The smallest absolute Gasteiger partial charge is 0.309 e. The second-order valence-electron chi connectivity index (χ2n) is 4.25. The number of carboxylic acid groups (broad SMARTS) is 1. The molecule has 0 saturated heterocycles. The topological polar surface area (TPSA) is 63.6 Å². The van der Waals surface area contributed by atoms with Gasteiger partial charge in [0.25, 0.3) is 0 Å². The highest BCUT2D eigenvalue weighted by Gasteiger charge is 2.54. The maximum Gasteiger partial charge on any atom is 0.309 e. The van der Waals surface area contributed by atoms with Gasteiger partial charge in [0.15, 0.2) is 0 Å². The van der Waals surface area contributed by atoms with Gasteiger partial charge in [-0.3, -0.25) is 9.59 Å². The molecule has 2 aliphatic carbocycles. The molecule has 0 aliphatic heterocycles. The average Bonchev–Trinajstić information content (AvgIpc) is 2.74. The van der Waals surface area contributed by atoms with Gasteiger partial charge < -0.3 is 9.84 Å². The Morgan fingerprint density at radius 3 is 2.29 bits per heavy atom. The van der Waals surface area contributed by atoms with Crippen LogP contribution in [0.4, 0.5) is 0 Å². The van der Waals surface area contributed by atoms with Gasteiger partial charge in [-0.2, -0.15) is 0 Å². The normalized spacial score (nSPS) is 39.8. The molecule has 14 heavy (non-hydrogen) atoms. The number of aliphatic carboxylic acids is 1. The Labute approximate surface area is 82.2 Å². The van der Waals surface area contributed by atoms with E-state index < -0.39 is 17.8 Å². The summed E-state index contributed by atoms with van der Waals surface area (Å²) in [5.74, 6) is -1.63. The van der Waals surface area contributed by atoms with Crippen molar-refractivity contribution in [1.82, 2.24) is 0 Å². The van der Waals surface area contributed by atoms with Crippen molar-refractivity contribution in [2.24, 2.45) is 23.7 Å². The molecule has 0 radical (unpaired) electrons. The summed E-state index contributed by atoms with van der Waals surface area (Å²) in [5, 5.41) is 9.04. The van der Waals surface area contributed by atoms with E-state index in [0.717, 1.165) is 19.3 Å². The summed E-state index contributed by atoms with van der Waals surface area (Å²) in [6.07, 6.45) is 2.82. The van der Waals surface area contributed by atoms with Crippen LogP contribution in [-0.2, 0) is 14.3 Å². The third-order valence-corrected chi connectivity index (χ3v) is 3.67. The highest BCUT2D eigenvalue weighted by molar-refractivity contribution is 5.82. The third-order valence-electron chi connectivity index (χ3n) is 3.67. The lowest BCUT2D eigenvalue weighted by atomic mass is 9.79. The summed E-state index contributed by atoms with van der Waals surface area (Å²) in [6, 6.07) is 0. The molecule has 4 nitrogen and oxygen atoms in total. The Morgan fingerprint density at radius 2 is 1.79 bits per heavy atom. The number of fused-ring (bicyclic) bond motifs is 2. The number of carboxylic acids is 1. The van der Waals surface area contributed by atoms with Crippen LogP contribution in [-0.4, -0.2) is 24.2 Å². The molecule has 78 valence electrons. The van der Waals surface area contributed by atoms with Gasteiger partial charge in [0.2, 0.25) is 0 Å². The summed E-state index contributed by atoms with van der Waals surface area (Å²) in [4.78, 5) is 22.4. The molecule has 0 amide bonds. The van der Waals surface area contributed by atoms with E-state index in [0.29, 0.717) is 0 Å². The number of hydrogen-bond donors (Lipinski definition) is 1. The molecule has 2 fully saturated rings. The van der Waals surface area contributed by atoms with Crippen LogP contribution in [0, 0.1) is 23.7 Å². The number of carbonyl (C=O) groups is 2. The fourth-order valence-corrected chi connectivity index (χ4v) is 3.12. The van der Waals surface area contributed by atoms with E-state index in [9.17, 15) is 9.59 Å². The van der Waals surface area contributed by atoms with Crippen molar-refractivity contribution in [1.29, 1.82) is 0 Å². The number of rotatable bonds is 2. The van der Waals surface area contributed by atoms with Crippen LogP contribution in [0.3, 0.4) is 0 Å². The van der Waals surface area contributed by atoms with Gasteiger partial charge in [-0.05, 0) is 31.1 Å². The molecule has 0 aromatic heterocycles. The number of ether oxygens (including phenoxy) is 1. The van der Waals surface area contributed by atoms with Crippen molar-refractivity contribution in [2.75, 3.05) is 7.11 Å². The van der Waals surface area contributed by atoms with Gasteiger partial charge in [-0.25, -0.2) is 0 Å². The third kappa shape index (κ3) is 1.21. The molecule has 0 spiro atoms. The van der Waals surface area contributed by atoms with Gasteiger partial charge >= 0.3 is 11.9 Å². The maximum atomic E-state index is 11.4. The van der Waals surface area contributed by atoms with E-state index in [-0.39, 0.29) is 17.8 Å². The van der Waals surface area contributed by atoms with Gasteiger partial charge in [0.05, 0.1) is 18.9 Å². The zero-order chi connectivity index (χ0) is 10.3. The van der Waals surface area contributed by atoms with Crippen molar-refractivity contribution in [3.8, 4) is 0 Å². The molecule has 0 aromatic carbocycles. The number of esters is 1. The zero-order valence-corrected chi connectivity index (χ0v) is 8.10. The van der Waals surface area contributed by atoms with E-state index in [2.05, 4.69) is 4.74 Å². The lowest BCUT2D eigenvalue weighted by Gasteiger charge is -2.25. The van der Waals surface area contributed by atoms with Gasteiger partial charge in [0.1, 0.15) is 0 Å². The second-order valence-corrected chi connectivity index (χ2v) is 4.25. The van der Waals surface area contributed by atoms with Crippen LogP contribution in [0.15, 0.2) is 0 Å². The molecule has 1 N–H and O–H groups in total. The minimum absolute atomic E-state index is 0.196. The van der Waals surface area contributed by atoms with Crippen LogP contribution in [0.2, 0.25) is 0 Å². The SMILES string of the molecule is COC(=O)[C@H]1[C@H]2CC[C@@H](C2)[C@H]1C(=O)O. The number of methoxy groups -OCH3 is 1. The quantitative estimate of drug-likeness (QED) is 0.670. The molecule has 4 atom stereocenters. The van der Waals surface area contributed by atoms with Crippen LogP contribution in [0.25, 0.3) is 0 Å². The molecule has 2 rings (SSSR count). The fraction of sp³-hybridized carbons (Fsp3) is 0.800. The van der Waals surface area contributed by atoms with Crippen LogP contribution >= 0.6 is 0 Å². The summed E-state index contributed by atoms with van der Waals surface area (Å²) in [5.41, 5.74) is 0. The maximum absolute atomic E-state index is 11.4. The van der Waals surface area contributed by atoms with Crippen molar-refractivity contribution < 1.29 is 19.4 Å². The first-order valence-electron chi connectivity index (χ1n) is 4.95. The first-order chi connectivity index (χ1) is 6.65. The fourth-order valence-electron chi connectivity index (χ4n) is 3.12. The van der Waals surface area contributed by atoms with Crippen LogP contribution in [0.5, 0.6) is 0 Å². The highest BCUT2D eigenvalue weighted by Crippen LogP contribution is 2.52. The molecule has 2 saturated carbocycles. The Morgan fingerprint density at radius 1 is 1.21 bits per heavy atom. The summed E-state index contributed by atoms with van der Waals surface area (Å²) >= 11 is 0. The van der Waals surface area contributed by atoms with Gasteiger partial charge in [0, 0.05) is 0 Å². The van der Waals surface area contributed by atoms with E-state index in [1.807, 2.05) is 0 Å². The summed E-state index contributed by atoms with van der Waals surface area (Å²) in [7, 11) is 1.33. The van der Waals surface area contributed by atoms with Crippen LogP contribution in [0.1, 0.15) is 19.3 Å². The Kier molecular flexibility index (Phi) is 2.21. The predicted octanol–water partition coefficient (Wildman–Crippen LogP) is 0.906. The van der Waals surface area contributed by atoms with E-state index in [1.165, 1.54) is 7.11 Å². The Hall–Kier alpha value is -1.06. The first kappa shape index (κ1) is 9.49. The van der Waals surface area contributed by atoms with Crippen molar-refractivity contribution >= 4 is 11.9 Å². The molecular formula is C10H14O4. The Bertz CT molecular complexity index is 273. The molecule has 0 aromatic rings. The minimum Gasteiger partial charge on any atom is -0.481 e. The minimum atomic E-state index is -0.840. The summed E-state index contributed by atoms with van der Waals surface area (Å²) in [6.45, 7) is 0. The molecule has 2 bridgehead atoms. The van der Waals surface area contributed by atoms with Crippen molar-refractivity contribution in [3.05, 3.63) is 0 Å². The largest absolute Gasteiger partial charge is 0.481 e. The van der Waals surface area contributed by atoms with Crippen LogP contribution < -0.4 is 0 Å².